The van der Waals surface area contributed by atoms with Gasteiger partial charge in [-0.2, -0.15) is 0 Å². The number of hydrogen-bond acceptors (Lipinski definition) is 5. The van der Waals surface area contributed by atoms with Crippen molar-refractivity contribution >= 4 is 51.9 Å². The van der Waals surface area contributed by atoms with Gasteiger partial charge in [0.1, 0.15) is 23.2 Å². The summed E-state index contributed by atoms with van der Waals surface area (Å²) in [6.07, 6.45) is 5.41. The molecule has 2 aliphatic rings. The van der Waals surface area contributed by atoms with E-state index in [1.54, 1.807) is 41.3 Å². The van der Waals surface area contributed by atoms with Gasteiger partial charge in [0.15, 0.2) is 11.2 Å². The van der Waals surface area contributed by atoms with Crippen LogP contribution in [0.2, 0.25) is 10.0 Å². The second-order valence-corrected chi connectivity index (χ2v) is 9.17. The van der Waals surface area contributed by atoms with E-state index >= 15 is 0 Å². The number of fused-ring (bicyclic) bond motifs is 2. The molecule has 1 spiro atoms. The van der Waals surface area contributed by atoms with Gasteiger partial charge in [0.2, 0.25) is 5.91 Å². The average molecular weight is 484 g/mol. The predicted octanol–water partition coefficient (Wildman–Crippen LogP) is 5.14. The summed E-state index contributed by atoms with van der Waals surface area (Å²) in [6, 6.07) is 10.1. The normalized spacial score (nSPS) is 17.4. The minimum atomic E-state index is -0.693. The molecule has 8 heteroatoms. The highest BCUT2D eigenvalue weighted by Gasteiger charge is 2.44. The fraction of sp³-hybridized carbons (Fsp3) is 0.240. The van der Waals surface area contributed by atoms with Crippen LogP contribution in [-0.4, -0.2) is 35.3 Å². The number of amides is 1. The van der Waals surface area contributed by atoms with Gasteiger partial charge in [-0.25, -0.2) is 0 Å². The summed E-state index contributed by atoms with van der Waals surface area (Å²) in [4.78, 5) is 39.7. The Labute approximate surface area is 199 Å². The molecule has 6 nitrogen and oxygen atoms in total. The molecule has 0 atom stereocenters. The highest BCUT2D eigenvalue weighted by molar-refractivity contribution is 6.36. The van der Waals surface area contributed by atoms with Crippen LogP contribution in [-0.2, 0) is 4.79 Å². The number of benzene rings is 2. The van der Waals surface area contributed by atoms with Crippen molar-refractivity contribution in [3.63, 3.8) is 0 Å². The maximum absolute atomic E-state index is 12.7. The average Bonchev–Trinajstić information content (AvgIpc) is 2.80. The van der Waals surface area contributed by atoms with Crippen LogP contribution in [0.4, 0.5) is 0 Å². The molecule has 0 unspecified atom stereocenters. The largest absolute Gasteiger partial charge is 0.484 e. The predicted molar refractivity (Wildman–Crippen MR) is 126 cm³/mol. The van der Waals surface area contributed by atoms with E-state index in [2.05, 4.69) is 0 Å². The van der Waals surface area contributed by atoms with Gasteiger partial charge in [-0.3, -0.25) is 14.4 Å². The van der Waals surface area contributed by atoms with E-state index in [-0.39, 0.29) is 23.5 Å². The van der Waals surface area contributed by atoms with E-state index in [9.17, 15) is 14.4 Å². The summed E-state index contributed by atoms with van der Waals surface area (Å²) in [5.74, 6) is 0.0770. The molecular weight excluding hydrogens is 465 g/mol. The standard InChI is InChI=1S/C25H19Cl2NO5/c26-16-11-18-20(29)13-25(33-24(18)19(27)12-16)7-9-28(10-8-25)22(30)6-5-15-14-32-21-4-2-1-3-17(21)23(15)31/h1-6,11-12,14H,7-10,13H2/b6-5+. The van der Waals surface area contributed by atoms with Crippen LogP contribution in [0.5, 0.6) is 5.75 Å². The van der Waals surface area contributed by atoms with Gasteiger partial charge in [0, 0.05) is 37.0 Å². The SMILES string of the molecule is O=C1CC2(CCN(C(=O)/C=C/c3coc4ccccc4c3=O)CC2)Oc2c(Cl)cc(Cl)cc21. The molecule has 0 N–H and O–H groups in total. The van der Waals surface area contributed by atoms with Gasteiger partial charge in [-0.1, -0.05) is 35.3 Å². The van der Waals surface area contributed by atoms with Crippen LogP contribution in [0.25, 0.3) is 17.0 Å². The highest BCUT2D eigenvalue weighted by Crippen LogP contribution is 2.44. The summed E-state index contributed by atoms with van der Waals surface area (Å²) in [6.45, 7) is 0.840. The number of carbonyl (C=O) groups is 2. The van der Waals surface area contributed by atoms with E-state index < -0.39 is 5.60 Å². The molecular formula is C25H19Cl2NO5. The summed E-state index contributed by atoms with van der Waals surface area (Å²) >= 11 is 12.3. The minimum absolute atomic E-state index is 0.0663. The van der Waals surface area contributed by atoms with E-state index in [4.69, 9.17) is 32.4 Å². The Morgan fingerprint density at radius 1 is 1.09 bits per heavy atom. The van der Waals surface area contributed by atoms with Crippen LogP contribution in [0.3, 0.4) is 0 Å². The van der Waals surface area contributed by atoms with Gasteiger partial charge in [-0.15, -0.1) is 0 Å². The van der Waals surface area contributed by atoms with Crippen LogP contribution in [0, 0.1) is 0 Å². The van der Waals surface area contributed by atoms with Gasteiger partial charge in [0.05, 0.1) is 28.0 Å². The van der Waals surface area contributed by atoms with Gasteiger partial charge in [0.25, 0.3) is 0 Å². The number of ether oxygens (including phenoxy) is 1. The first-order chi connectivity index (χ1) is 15.8. The van der Waals surface area contributed by atoms with E-state index in [0.29, 0.717) is 63.8 Å². The zero-order valence-corrected chi connectivity index (χ0v) is 19.0. The van der Waals surface area contributed by atoms with E-state index in [1.807, 2.05) is 0 Å². The fourth-order valence-electron chi connectivity index (χ4n) is 4.40. The Kier molecular flexibility index (Phi) is 5.51. The Hall–Kier alpha value is -3.09. The van der Waals surface area contributed by atoms with Crippen molar-refractivity contribution in [2.45, 2.75) is 24.9 Å². The first-order valence-electron chi connectivity index (χ1n) is 10.5. The van der Waals surface area contributed by atoms with Crippen molar-refractivity contribution in [1.29, 1.82) is 0 Å². The number of para-hydroxylation sites is 1. The Balaban J connectivity index is 1.29. The molecule has 1 saturated heterocycles. The fourth-order valence-corrected chi connectivity index (χ4v) is 4.93. The van der Waals surface area contributed by atoms with Crippen molar-refractivity contribution in [1.82, 2.24) is 4.90 Å². The number of ketones is 1. The minimum Gasteiger partial charge on any atom is -0.484 e. The zero-order chi connectivity index (χ0) is 23.2. The van der Waals surface area contributed by atoms with Crippen molar-refractivity contribution in [3.8, 4) is 5.75 Å². The lowest BCUT2D eigenvalue weighted by Crippen LogP contribution is -2.52. The van der Waals surface area contributed by atoms with Gasteiger partial charge < -0.3 is 14.1 Å². The smallest absolute Gasteiger partial charge is 0.246 e. The van der Waals surface area contributed by atoms with Crippen molar-refractivity contribution in [2.75, 3.05) is 13.1 Å². The monoisotopic (exact) mass is 483 g/mol. The number of hydrogen-bond donors (Lipinski definition) is 0. The molecule has 0 radical (unpaired) electrons. The molecule has 5 rings (SSSR count). The van der Waals surface area contributed by atoms with E-state index in [0.717, 1.165) is 0 Å². The molecule has 1 amide bonds. The Morgan fingerprint density at radius 3 is 2.64 bits per heavy atom. The second kappa shape index (κ2) is 8.36. The number of halogens is 2. The first-order valence-corrected chi connectivity index (χ1v) is 11.3. The maximum Gasteiger partial charge on any atom is 0.246 e. The lowest BCUT2D eigenvalue weighted by Gasteiger charge is -2.44. The molecule has 3 heterocycles. The Morgan fingerprint density at radius 2 is 1.85 bits per heavy atom. The molecule has 168 valence electrons. The van der Waals surface area contributed by atoms with Crippen LogP contribution in [0.15, 0.2) is 57.9 Å². The molecule has 0 bridgehead atoms. The third kappa shape index (κ3) is 4.05. The highest BCUT2D eigenvalue weighted by atomic mass is 35.5. The lowest BCUT2D eigenvalue weighted by molar-refractivity contribution is -0.129. The summed E-state index contributed by atoms with van der Waals surface area (Å²) < 4.78 is 11.7. The zero-order valence-electron chi connectivity index (χ0n) is 17.5. The molecule has 3 aromatic rings. The van der Waals surface area contributed by atoms with Crippen LogP contribution < -0.4 is 10.2 Å². The number of Topliss-reactive ketones (excluding diaryl/α,β-unsaturated/α-hetero) is 1. The maximum atomic E-state index is 12.7. The lowest BCUT2D eigenvalue weighted by atomic mass is 9.82. The number of carbonyl (C=O) groups excluding carboxylic acids is 2. The summed E-state index contributed by atoms with van der Waals surface area (Å²) in [7, 11) is 0. The van der Waals surface area contributed by atoms with Gasteiger partial charge in [-0.05, 0) is 30.3 Å². The van der Waals surface area contributed by atoms with Gasteiger partial charge >= 0.3 is 0 Å². The summed E-state index contributed by atoms with van der Waals surface area (Å²) in [5, 5.41) is 1.16. The quantitative estimate of drug-likeness (QED) is 0.471. The number of likely N-dealkylation sites (tertiary alicyclic amines) is 1. The third-order valence-corrected chi connectivity index (χ3v) is 6.71. The third-order valence-electron chi connectivity index (χ3n) is 6.21. The molecule has 0 aliphatic carbocycles. The van der Waals surface area contributed by atoms with Crippen LogP contribution in [0.1, 0.15) is 35.2 Å². The molecule has 2 aliphatic heterocycles. The second-order valence-electron chi connectivity index (χ2n) is 8.32. The molecule has 33 heavy (non-hydrogen) atoms. The molecule has 1 aromatic heterocycles. The molecule has 1 fully saturated rings. The van der Waals surface area contributed by atoms with Crippen molar-refractivity contribution in [3.05, 3.63) is 80.1 Å². The van der Waals surface area contributed by atoms with E-state index in [1.165, 1.54) is 18.4 Å². The Bertz CT molecular complexity index is 1370. The molecule has 0 saturated carbocycles. The summed E-state index contributed by atoms with van der Waals surface area (Å²) in [5.41, 5.74) is 0.318. The first kappa shape index (κ1) is 21.7. The number of nitrogens with zero attached hydrogens (tertiary/aromatic N) is 1. The number of piperidine rings is 1. The molecule has 2 aromatic carbocycles. The van der Waals surface area contributed by atoms with Crippen LogP contribution >= 0.6 is 23.2 Å². The topological polar surface area (TPSA) is 76.8 Å². The number of rotatable bonds is 2. The van der Waals surface area contributed by atoms with Crippen molar-refractivity contribution in [2.24, 2.45) is 0 Å². The van der Waals surface area contributed by atoms with Crippen molar-refractivity contribution < 1.29 is 18.7 Å².